The third-order valence-electron chi connectivity index (χ3n) is 5.91. The van der Waals surface area contributed by atoms with Crippen molar-refractivity contribution in [3.05, 3.63) is 88.1 Å². The Kier molecular flexibility index (Phi) is 6.27. The van der Waals surface area contributed by atoms with Crippen LogP contribution in [-0.2, 0) is 22.4 Å². The Balaban J connectivity index is 1.29. The van der Waals surface area contributed by atoms with Crippen LogP contribution in [0, 0.1) is 5.92 Å². The number of hydrogen-bond acceptors (Lipinski definition) is 5. The van der Waals surface area contributed by atoms with Gasteiger partial charge >= 0.3 is 5.97 Å². The number of ether oxygens (including phenoxy) is 1. The number of aromatic nitrogens is 2. The molecule has 5 rings (SSSR count). The summed E-state index contributed by atoms with van der Waals surface area (Å²) in [6, 6.07) is 23.1. The largest absolute Gasteiger partial charge is 0.451 e. The monoisotopic (exact) mass is 471 g/mol. The molecule has 2 aromatic carbocycles. The lowest BCUT2D eigenvalue weighted by Gasteiger charge is -2.16. The molecule has 7 heteroatoms. The van der Waals surface area contributed by atoms with Crippen LogP contribution in [0.4, 0.5) is 5.82 Å². The highest BCUT2D eigenvalue weighted by atomic mass is 32.1. The molecule has 0 saturated carbocycles. The Hall–Kier alpha value is -3.71. The van der Waals surface area contributed by atoms with Crippen LogP contribution < -0.4 is 5.32 Å². The Morgan fingerprint density at radius 2 is 1.82 bits per heavy atom. The standard InChI is InChI=1S/C27H25N3O3S/c1-18-12-13-23-20(14-18)15-24(34-23)27(32)33-17-26(31)28-25-16-22(19-8-4-2-5-9-19)29-30(25)21-10-6-3-7-11-21/h2-11,15-16,18H,12-14,17H2,1H3,(H,28,31)/t18-/m0/s1. The van der Waals surface area contributed by atoms with E-state index in [0.717, 1.165) is 36.2 Å². The lowest BCUT2D eigenvalue weighted by molar-refractivity contribution is -0.119. The normalized spacial score (nSPS) is 14.9. The molecule has 1 amide bonds. The van der Waals surface area contributed by atoms with Gasteiger partial charge in [-0.2, -0.15) is 5.10 Å². The lowest BCUT2D eigenvalue weighted by atomic mass is 9.90. The van der Waals surface area contributed by atoms with Crippen molar-refractivity contribution in [2.75, 3.05) is 11.9 Å². The molecule has 1 N–H and O–H groups in total. The summed E-state index contributed by atoms with van der Waals surface area (Å²) in [6.45, 7) is 1.87. The van der Waals surface area contributed by atoms with Crippen LogP contribution in [0.1, 0.15) is 33.5 Å². The molecule has 172 valence electrons. The first-order valence-electron chi connectivity index (χ1n) is 11.4. The third-order valence-corrected chi connectivity index (χ3v) is 7.13. The van der Waals surface area contributed by atoms with E-state index in [2.05, 4.69) is 17.3 Å². The molecular formula is C27H25N3O3S. The molecular weight excluding hydrogens is 446 g/mol. The Labute approximate surface area is 202 Å². The molecule has 1 atom stereocenters. The summed E-state index contributed by atoms with van der Waals surface area (Å²) in [6.07, 6.45) is 3.14. The zero-order valence-electron chi connectivity index (χ0n) is 18.9. The number of anilines is 1. The second-order valence-corrected chi connectivity index (χ2v) is 9.70. The highest BCUT2D eigenvalue weighted by Gasteiger charge is 2.22. The van der Waals surface area contributed by atoms with Gasteiger partial charge in [-0.3, -0.25) is 4.79 Å². The van der Waals surface area contributed by atoms with Crippen LogP contribution in [0.2, 0.25) is 0 Å². The van der Waals surface area contributed by atoms with Gasteiger partial charge in [-0.25, -0.2) is 9.48 Å². The van der Waals surface area contributed by atoms with Crippen molar-refractivity contribution in [3.8, 4) is 16.9 Å². The molecule has 0 unspecified atom stereocenters. The van der Waals surface area contributed by atoms with Crippen molar-refractivity contribution in [2.45, 2.75) is 26.2 Å². The number of aryl methyl sites for hydroxylation is 1. The maximum absolute atomic E-state index is 12.7. The van der Waals surface area contributed by atoms with Crippen LogP contribution in [0.15, 0.2) is 72.8 Å². The molecule has 2 aromatic heterocycles. The lowest BCUT2D eigenvalue weighted by Crippen LogP contribution is -2.22. The average Bonchev–Trinajstić information content (AvgIpc) is 3.48. The molecule has 0 saturated heterocycles. The van der Waals surface area contributed by atoms with E-state index in [0.29, 0.717) is 16.6 Å². The molecule has 1 aliphatic carbocycles. The van der Waals surface area contributed by atoms with Crippen molar-refractivity contribution in [1.29, 1.82) is 0 Å². The molecule has 0 aliphatic heterocycles. The third kappa shape index (κ3) is 4.79. The highest BCUT2D eigenvalue weighted by Crippen LogP contribution is 2.32. The Bertz CT molecular complexity index is 1310. The summed E-state index contributed by atoms with van der Waals surface area (Å²) in [4.78, 5) is 27.1. The smallest absolute Gasteiger partial charge is 0.348 e. The molecule has 6 nitrogen and oxygen atoms in total. The number of para-hydroxylation sites is 1. The van der Waals surface area contributed by atoms with Crippen LogP contribution in [0.3, 0.4) is 0 Å². The summed E-state index contributed by atoms with van der Waals surface area (Å²) in [5.74, 6) is 0.266. The molecule has 4 aromatic rings. The van der Waals surface area contributed by atoms with Gasteiger partial charge in [-0.05, 0) is 48.9 Å². The van der Waals surface area contributed by atoms with Crippen molar-refractivity contribution in [1.82, 2.24) is 9.78 Å². The zero-order valence-corrected chi connectivity index (χ0v) is 19.7. The minimum Gasteiger partial charge on any atom is -0.451 e. The summed E-state index contributed by atoms with van der Waals surface area (Å²) < 4.78 is 7.01. The minimum absolute atomic E-state index is 0.363. The summed E-state index contributed by atoms with van der Waals surface area (Å²) in [5, 5.41) is 7.53. The maximum atomic E-state index is 12.7. The van der Waals surface area contributed by atoms with E-state index in [1.54, 1.807) is 4.68 Å². The number of amides is 1. The summed E-state index contributed by atoms with van der Waals surface area (Å²) in [7, 11) is 0. The molecule has 0 bridgehead atoms. The number of thiophene rings is 1. The van der Waals surface area contributed by atoms with Crippen molar-refractivity contribution < 1.29 is 14.3 Å². The highest BCUT2D eigenvalue weighted by molar-refractivity contribution is 7.14. The second kappa shape index (κ2) is 9.65. The van der Waals surface area contributed by atoms with Crippen molar-refractivity contribution in [3.63, 3.8) is 0 Å². The van der Waals surface area contributed by atoms with Crippen molar-refractivity contribution in [2.24, 2.45) is 5.92 Å². The van der Waals surface area contributed by atoms with Crippen LogP contribution >= 0.6 is 11.3 Å². The van der Waals surface area contributed by atoms with E-state index < -0.39 is 11.9 Å². The van der Waals surface area contributed by atoms with E-state index in [1.807, 2.05) is 72.8 Å². The molecule has 0 spiro atoms. The number of benzene rings is 2. The molecule has 2 heterocycles. The molecule has 1 aliphatic rings. The van der Waals surface area contributed by atoms with E-state index >= 15 is 0 Å². The fourth-order valence-electron chi connectivity index (χ4n) is 4.17. The van der Waals surface area contributed by atoms with E-state index in [4.69, 9.17) is 4.74 Å². The first kappa shape index (κ1) is 22.1. The van der Waals surface area contributed by atoms with Crippen molar-refractivity contribution >= 4 is 29.0 Å². The van der Waals surface area contributed by atoms with Gasteiger partial charge in [-0.1, -0.05) is 55.5 Å². The molecule has 0 fully saturated rings. The quantitative estimate of drug-likeness (QED) is 0.376. The topological polar surface area (TPSA) is 73.2 Å². The average molecular weight is 472 g/mol. The number of carbonyl (C=O) groups is 2. The Morgan fingerprint density at radius 1 is 1.09 bits per heavy atom. The predicted molar refractivity (Wildman–Crippen MR) is 133 cm³/mol. The van der Waals surface area contributed by atoms with E-state index in [9.17, 15) is 9.59 Å². The summed E-state index contributed by atoms with van der Waals surface area (Å²) in [5.41, 5.74) is 3.72. The number of hydrogen-bond donors (Lipinski definition) is 1. The maximum Gasteiger partial charge on any atom is 0.348 e. The Morgan fingerprint density at radius 3 is 2.59 bits per heavy atom. The fourth-order valence-corrected chi connectivity index (χ4v) is 5.28. The first-order chi connectivity index (χ1) is 16.6. The van der Waals surface area contributed by atoms with Gasteiger partial charge in [0.25, 0.3) is 5.91 Å². The van der Waals surface area contributed by atoms with Gasteiger partial charge in [0.2, 0.25) is 0 Å². The van der Waals surface area contributed by atoms with Gasteiger partial charge in [-0.15, -0.1) is 11.3 Å². The number of fused-ring (bicyclic) bond motifs is 1. The zero-order chi connectivity index (χ0) is 23.5. The summed E-state index contributed by atoms with van der Waals surface area (Å²) >= 11 is 1.48. The minimum atomic E-state index is -0.455. The van der Waals surface area contributed by atoms with Gasteiger partial charge in [0.15, 0.2) is 6.61 Å². The van der Waals surface area contributed by atoms with Gasteiger partial charge in [0, 0.05) is 16.5 Å². The fraction of sp³-hybridized carbons (Fsp3) is 0.222. The van der Waals surface area contributed by atoms with Gasteiger partial charge in [0.1, 0.15) is 10.7 Å². The number of nitrogens with one attached hydrogen (secondary N) is 1. The molecule has 34 heavy (non-hydrogen) atoms. The van der Waals surface area contributed by atoms with Crippen LogP contribution in [0.5, 0.6) is 0 Å². The second-order valence-electron chi connectivity index (χ2n) is 8.56. The first-order valence-corrected chi connectivity index (χ1v) is 12.2. The van der Waals surface area contributed by atoms with Gasteiger partial charge in [0.05, 0.1) is 11.4 Å². The molecule has 0 radical (unpaired) electrons. The van der Waals surface area contributed by atoms with Gasteiger partial charge < -0.3 is 10.1 Å². The predicted octanol–water partition coefficient (Wildman–Crippen LogP) is 5.52. The van der Waals surface area contributed by atoms with Crippen LogP contribution in [0.25, 0.3) is 16.9 Å². The van der Waals surface area contributed by atoms with Crippen LogP contribution in [-0.4, -0.2) is 28.3 Å². The number of nitrogens with zero attached hydrogens (tertiary/aromatic N) is 2. The number of rotatable bonds is 6. The van der Waals surface area contributed by atoms with E-state index in [1.165, 1.54) is 21.8 Å². The SMILES string of the molecule is C[C@H]1CCc2sc(C(=O)OCC(=O)Nc3cc(-c4ccccc4)nn3-c3ccccc3)cc2C1. The number of esters is 1. The van der Waals surface area contributed by atoms with E-state index in [-0.39, 0.29) is 6.61 Å². The number of carbonyl (C=O) groups excluding carboxylic acids is 2.